The van der Waals surface area contributed by atoms with Crippen LogP contribution in [0, 0.1) is 17.1 Å². The zero-order valence-electron chi connectivity index (χ0n) is 11.9. The molecule has 0 atom stereocenters. The van der Waals surface area contributed by atoms with Crippen LogP contribution in [0.1, 0.15) is 24.0 Å². The molecular formula is C15H15FN4O2. The Labute approximate surface area is 127 Å². The average Bonchev–Trinajstić information content (AvgIpc) is 3.28. The zero-order chi connectivity index (χ0) is 15.7. The van der Waals surface area contributed by atoms with Crippen molar-refractivity contribution in [3.05, 3.63) is 35.1 Å². The molecule has 1 saturated heterocycles. The van der Waals surface area contributed by atoms with Crippen LogP contribution >= 0.6 is 0 Å². The SMILES string of the molecule is N#Cc1ccc(F)c(CNC(=O)N2CC(=O)N(C3CC3)C2)c1. The van der Waals surface area contributed by atoms with Gasteiger partial charge in [-0.15, -0.1) is 0 Å². The summed E-state index contributed by atoms with van der Waals surface area (Å²) in [6, 6.07) is 5.78. The lowest BCUT2D eigenvalue weighted by Crippen LogP contribution is -2.39. The number of rotatable bonds is 3. The minimum atomic E-state index is -0.476. The van der Waals surface area contributed by atoms with Crippen molar-refractivity contribution in [1.82, 2.24) is 15.1 Å². The molecular weight excluding hydrogens is 287 g/mol. The minimum absolute atomic E-state index is 0.0195. The number of carbonyl (C=O) groups excluding carboxylic acids is 2. The van der Waals surface area contributed by atoms with Crippen LogP contribution in [0.4, 0.5) is 9.18 Å². The molecule has 114 valence electrons. The first kappa shape index (κ1) is 14.3. The second kappa shape index (κ2) is 5.64. The molecule has 1 N–H and O–H groups in total. The third-order valence-electron chi connectivity index (χ3n) is 3.85. The number of carbonyl (C=O) groups is 2. The van der Waals surface area contributed by atoms with Crippen LogP contribution in [0.3, 0.4) is 0 Å². The maximum Gasteiger partial charge on any atom is 0.319 e. The lowest BCUT2D eigenvalue weighted by molar-refractivity contribution is -0.127. The normalized spacial score (nSPS) is 17.5. The predicted octanol–water partition coefficient (Wildman–Crippen LogP) is 1.17. The highest BCUT2D eigenvalue weighted by Crippen LogP contribution is 2.29. The fourth-order valence-corrected chi connectivity index (χ4v) is 2.47. The Bertz CT molecular complexity index is 666. The summed E-state index contributed by atoms with van der Waals surface area (Å²) in [6.45, 7) is 0.327. The van der Waals surface area contributed by atoms with Gasteiger partial charge < -0.3 is 10.2 Å². The molecule has 0 radical (unpaired) electrons. The fourth-order valence-electron chi connectivity index (χ4n) is 2.47. The number of hydrogen-bond donors (Lipinski definition) is 1. The molecule has 6 nitrogen and oxygen atoms in total. The molecule has 1 aliphatic heterocycles. The van der Waals surface area contributed by atoms with Gasteiger partial charge in [0.1, 0.15) is 12.4 Å². The van der Waals surface area contributed by atoms with Gasteiger partial charge in [-0.25, -0.2) is 9.18 Å². The van der Waals surface area contributed by atoms with Crippen LogP contribution in [0.25, 0.3) is 0 Å². The first-order chi connectivity index (χ1) is 10.6. The van der Waals surface area contributed by atoms with Gasteiger partial charge in [-0.2, -0.15) is 5.26 Å². The summed E-state index contributed by atoms with van der Waals surface area (Å²) in [5, 5.41) is 11.4. The molecule has 1 aliphatic carbocycles. The number of amides is 3. The van der Waals surface area contributed by atoms with Crippen molar-refractivity contribution < 1.29 is 14.0 Å². The van der Waals surface area contributed by atoms with Crippen LogP contribution < -0.4 is 5.32 Å². The molecule has 1 aromatic rings. The quantitative estimate of drug-likeness (QED) is 0.910. The molecule has 1 aromatic carbocycles. The number of nitriles is 1. The fraction of sp³-hybridized carbons (Fsp3) is 0.400. The van der Waals surface area contributed by atoms with Gasteiger partial charge >= 0.3 is 6.03 Å². The van der Waals surface area contributed by atoms with E-state index in [1.165, 1.54) is 23.1 Å². The third kappa shape index (κ3) is 2.86. The van der Waals surface area contributed by atoms with E-state index in [0.29, 0.717) is 5.56 Å². The summed E-state index contributed by atoms with van der Waals surface area (Å²) in [6.07, 6.45) is 1.99. The van der Waals surface area contributed by atoms with Gasteiger partial charge in [-0.1, -0.05) is 0 Å². The largest absolute Gasteiger partial charge is 0.334 e. The van der Waals surface area contributed by atoms with Crippen molar-refractivity contribution in [2.45, 2.75) is 25.4 Å². The van der Waals surface area contributed by atoms with Crippen molar-refractivity contribution >= 4 is 11.9 Å². The predicted molar refractivity (Wildman–Crippen MR) is 74.8 cm³/mol. The molecule has 3 rings (SSSR count). The van der Waals surface area contributed by atoms with Gasteiger partial charge in [0.15, 0.2) is 0 Å². The highest BCUT2D eigenvalue weighted by atomic mass is 19.1. The highest BCUT2D eigenvalue weighted by Gasteiger charge is 2.39. The smallest absolute Gasteiger partial charge is 0.319 e. The van der Waals surface area contributed by atoms with E-state index in [1.807, 2.05) is 6.07 Å². The summed E-state index contributed by atoms with van der Waals surface area (Å²) in [5.41, 5.74) is 0.582. The molecule has 0 aromatic heterocycles. The van der Waals surface area contributed by atoms with Gasteiger partial charge in [-0.3, -0.25) is 9.69 Å². The Morgan fingerprint density at radius 1 is 1.45 bits per heavy atom. The molecule has 1 heterocycles. The average molecular weight is 302 g/mol. The number of nitrogens with zero attached hydrogens (tertiary/aromatic N) is 3. The number of hydrogen-bond acceptors (Lipinski definition) is 3. The zero-order valence-corrected chi connectivity index (χ0v) is 11.9. The minimum Gasteiger partial charge on any atom is -0.334 e. The van der Waals surface area contributed by atoms with E-state index in [2.05, 4.69) is 5.32 Å². The van der Waals surface area contributed by atoms with Gasteiger partial charge in [0, 0.05) is 18.2 Å². The molecule has 3 amide bonds. The molecule has 0 spiro atoms. The molecule has 22 heavy (non-hydrogen) atoms. The van der Waals surface area contributed by atoms with E-state index in [-0.39, 0.29) is 37.3 Å². The van der Waals surface area contributed by atoms with Gasteiger partial charge in [-0.05, 0) is 31.0 Å². The van der Waals surface area contributed by atoms with Gasteiger partial charge in [0.05, 0.1) is 18.3 Å². The second-order valence-corrected chi connectivity index (χ2v) is 5.51. The van der Waals surface area contributed by atoms with Crippen molar-refractivity contribution in [3.8, 4) is 6.07 Å². The third-order valence-corrected chi connectivity index (χ3v) is 3.85. The van der Waals surface area contributed by atoms with Gasteiger partial charge in [0.2, 0.25) is 5.91 Å². The Morgan fingerprint density at radius 2 is 2.23 bits per heavy atom. The summed E-state index contributed by atoms with van der Waals surface area (Å²) in [7, 11) is 0. The van der Waals surface area contributed by atoms with E-state index < -0.39 is 11.8 Å². The first-order valence-electron chi connectivity index (χ1n) is 7.09. The number of benzene rings is 1. The van der Waals surface area contributed by atoms with E-state index in [9.17, 15) is 14.0 Å². The van der Waals surface area contributed by atoms with E-state index in [1.54, 1.807) is 4.90 Å². The molecule has 7 heteroatoms. The number of urea groups is 1. The summed E-state index contributed by atoms with van der Waals surface area (Å²) in [5.74, 6) is -0.522. The Balaban J connectivity index is 1.59. The summed E-state index contributed by atoms with van der Waals surface area (Å²) in [4.78, 5) is 27.0. The molecule has 0 unspecified atom stereocenters. The topological polar surface area (TPSA) is 76.4 Å². The molecule has 1 saturated carbocycles. The Hall–Kier alpha value is -2.62. The molecule has 0 bridgehead atoms. The Kier molecular flexibility index (Phi) is 3.67. The van der Waals surface area contributed by atoms with Crippen LogP contribution in [0.5, 0.6) is 0 Å². The van der Waals surface area contributed by atoms with Crippen molar-refractivity contribution in [1.29, 1.82) is 5.26 Å². The first-order valence-corrected chi connectivity index (χ1v) is 7.09. The number of nitrogens with one attached hydrogen (secondary N) is 1. The van der Waals surface area contributed by atoms with E-state index >= 15 is 0 Å². The van der Waals surface area contributed by atoms with Crippen LogP contribution in [-0.2, 0) is 11.3 Å². The van der Waals surface area contributed by atoms with E-state index in [4.69, 9.17) is 5.26 Å². The van der Waals surface area contributed by atoms with Crippen LogP contribution in [0.2, 0.25) is 0 Å². The van der Waals surface area contributed by atoms with Gasteiger partial charge in [0.25, 0.3) is 0 Å². The van der Waals surface area contributed by atoms with Crippen LogP contribution in [-0.4, -0.2) is 41.0 Å². The monoisotopic (exact) mass is 302 g/mol. The lowest BCUT2D eigenvalue weighted by Gasteiger charge is -2.18. The number of halogens is 1. The van der Waals surface area contributed by atoms with Crippen molar-refractivity contribution in [2.24, 2.45) is 0 Å². The Morgan fingerprint density at radius 3 is 2.91 bits per heavy atom. The standard InChI is InChI=1S/C15H15FN4O2/c16-13-4-1-10(6-17)5-11(13)7-18-15(22)19-8-14(21)20(9-19)12-2-3-12/h1,4-5,12H,2-3,7-9H2,(H,18,22). The molecule has 2 fully saturated rings. The lowest BCUT2D eigenvalue weighted by atomic mass is 10.1. The highest BCUT2D eigenvalue weighted by molar-refractivity contribution is 5.87. The summed E-state index contributed by atoms with van der Waals surface area (Å²) >= 11 is 0. The second-order valence-electron chi connectivity index (χ2n) is 5.51. The molecule has 2 aliphatic rings. The maximum absolute atomic E-state index is 13.6. The summed E-state index contributed by atoms with van der Waals surface area (Å²) < 4.78 is 13.6. The van der Waals surface area contributed by atoms with Crippen molar-refractivity contribution in [2.75, 3.05) is 13.2 Å². The maximum atomic E-state index is 13.6. The van der Waals surface area contributed by atoms with E-state index in [0.717, 1.165) is 12.8 Å². The van der Waals surface area contributed by atoms with Crippen molar-refractivity contribution in [3.63, 3.8) is 0 Å². The van der Waals surface area contributed by atoms with Crippen LogP contribution in [0.15, 0.2) is 18.2 Å².